The Morgan fingerprint density at radius 2 is 2.37 bits per heavy atom. The van der Waals surface area contributed by atoms with E-state index in [1.54, 1.807) is 25.3 Å². The molecule has 1 aromatic rings. The molecule has 1 aliphatic rings. The summed E-state index contributed by atoms with van der Waals surface area (Å²) in [5.41, 5.74) is 6.43. The molecule has 1 fully saturated rings. The van der Waals surface area contributed by atoms with Gasteiger partial charge in [0.2, 0.25) is 0 Å². The Labute approximate surface area is 113 Å². The van der Waals surface area contributed by atoms with E-state index in [9.17, 15) is 4.79 Å². The molecule has 0 aliphatic carbocycles. The van der Waals surface area contributed by atoms with Gasteiger partial charge >= 0.3 is 0 Å². The number of nitrogens with two attached hydrogens (primary N) is 1. The number of anilines is 1. The van der Waals surface area contributed by atoms with Crippen LogP contribution >= 0.6 is 0 Å². The van der Waals surface area contributed by atoms with Crippen LogP contribution in [0.2, 0.25) is 0 Å². The molecule has 104 valence electrons. The Bertz CT molecular complexity index is 468. The maximum Gasteiger partial charge on any atom is 0.253 e. The lowest BCUT2D eigenvalue weighted by molar-refractivity contribution is 0.0206. The highest BCUT2D eigenvalue weighted by Gasteiger charge is 2.30. The van der Waals surface area contributed by atoms with Gasteiger partial charge in [0.1, 0.15) is 5.75 Å². The van der Waals surface area contributed by atoms with E-state index in [1.165, 1.54) is 0 Å². The highest BCUT2D eigenvalue weighted by molar-refractivity contribution is 5.99. The largest absolute Gasteiger partial charge is 0.497 e. The fraction of sp³-hybridized carbons (Fsp3) is 0.500. The van der Waals surface area contributed by atoms with E-state index in [4.69, 9.17) is 15.2 Å². The second-order valence-electron chi connectivity index (χ2n) is 5.04. The minimum Gasteiger partial charge on any atom is -0.497 e. The number of carbonyl (C=O) groups is 1. The number of hydrogen-bond acceptors (Lipinski definition) is 4. The molecule has 0 radical (unpaired) electrons. The molecular formula is C14H20N2O3. The second-order valence-corrected chi connectivity index (χ2v) is 5.04. The molecule has 1 aromatic carbocycles. The van der Waals surface area contributed by atoms with Gasteiger partial charge in [-0.15, -0.1) is 0 Å². The van der Waals surface area contributed by atoms with Crippen LogP contribution in [0, 0.1) is 0 Å². The number of rotatable bonds is 4. The molecule has 0 saturated carbocycles. The smallest absolute Gasteiger partial charge is 0.253 e. The summed E-state index contributed by atoms with van der Waals surface area (Å²) in [4.78, 5) is 12.1. The van der Waals surface area contributed by atoms with E-state index < -0.39 is 0 Å². The minimum atomic E-state index is -0.261. The Kier molecular flexibility index (Phi) is 3.95. The molecule has 1 heterocycles. The van der Waals surface area contributed by atoms with Crippen LogP contribution in [-0.2, 0) is 4.74 Å². The van der Waals surface area contributed by atoms with Crippen LogP contribution in [0.15, 0.2) is 18.2 Å². The van der Waals surface area contributed by atoms with Gasteiger partial charge in [-0.1, -0.05) is 0 Å². The molecule has 1 saturated heterocycles. The summed E-state index contributed by atoms with van der Waals surface area (Å²) in [5.74, 6) is 0.413. The van der Waals surface area contributed by atoms with Crippen molar-refractivity contribution in [1.82, 2.24) is 5.32 Å². The summed E-state index contributed by atoms with van der Waals surface area (Å²) in [5, 5.41) is 2.87. The summed E-state index contributed by atoms with van der Waals surface area (Å²) in [6, 6.07) is 5.04. The Balaban J connectivity index is 2.03. The average molecular weight is 264 g/mol. The van der Waals surface area contributed by atoms with Gasteiger partial charge in [0, 0.05) is 18.8 Å². The van der Waals surface area contributed by atoms with Gasteiger partial charge in [-0.05, 0) is 38.0 Å². The fourth-order valence-corrected chi connectivity index (χ4v) is 2.20. The van der Waals surface area contributed by atoms with Gasteiger partial charge in [0.15, 0.2) is 0 Å². The van der Waals surface area contributed by atoms with E-state index in [2.05, 4.69) is 5.32 Å². The fourth-order valence-electron chi connectivity index (χ4n) is 2.20. The molecule has 0 bridgehead atoms. The highest BCUT2D eigenvalue weighted by Crippen LogP contribution is 2.24. The number of amides is 1. The molecule has 2 rings (SSSR count). The second kappa shape index (κ2) is 5.48. The summed E-state index contributed by atoms with van der Waals surface area (Å²) >= 11 is 0. The van der Waals surface area contributed by atoms with Crippen molar-refractivity contribution in [2.75, 3.05) is 26.0 Å². The predicted octanol–water partition coefficient (Wildman–Crippen LogP) is 1.58. The van der Waals surface area contributed by atoms with Crippen LogP contribution in [0.3, 0.4) is 0 Å². The van der Waals surface area contributed by atoms with Gasteiger partial charge in [0.25, 0.3) is 5.91 Å². The van der Waals surface area contributed by atoms with Crippen LogP contribution in [-0.4, -0.2) is 31.8 Å². The van der Waals surface area contributed by atoms with E-state index in [-0.39, 0.29) is 11.5 Å². The molecule has 1 aliphatic heterocycles. The number of methoxy groups -OCH3 is 1. The number of nitrogen functional groups attached to an aromatic ring is 1. The number of benzene rings is 1. The summed E-state index contributed by atoms with van der Waals surface area (Å²) in [6.07, 6.45) is 1.99. The summed E-state index contributed by atoms with van der Waals surface area (Å²) < 4.78 is 10.7. The topological polar surface area (TPSA) is 73.6 Å². The molecular weight excluding hydrogens is 244 g/mol. The minimum absolute atomic E-state index is 0.201. The van der Waals surface area contributed by atoms with Crippen molar-refractivity contribution in [3.63, 3.8) is 0 Å². The molecule has 1 amide bonds. The van der Waals surface area contributed by atoms with E-state index in [1.807, 2.05) is 6.92 Å². The van der Waals surface area contributed by atoms with Gasteiger partial charge in [-0.2, -0.15) is 0 Å². The number of carbonyl (C=O) groups excluding carboxylic acids is 1. The van der Waals surface area contributed by atoms with Crippen molar-refractivity contribution in [3.8, 4) is 5.75 Å². The zero-order valence-corrected chi connectivity index (χ0v) is 11.4. The first kappa shape index (κ1) is 13.7. The van der Waals surface area contributed by atoms with Gasteiger partial charge in [0.05, 0.1) is 18.3 Å². The Morgan fingerprint density at radius 1 is 1.58 bits per heavy atom. The molecule has 5 nitrogen and oxygen atoms in total. The summed E-state index contributed by atoms with van der Waals surface area (Å²) in [7, 11) is 1.56. The molecule has 1 atom stereocenters. The molecule has 3 N–H and O–H groups in total. The molecule has 5 heteroatoms. The first-order valence-corrected chi connectivity index (χ1v) is 6.40. The standard InChI is InChI=1S/C14H20N2O3/c1-14(6-3-7-19-14)9-16-13(17)11-8-10(18-2)4-5-12(11)15/h4-5,8H,3,6-7,9,15H2,1-2H3,(H,16,17). The van der Waals surface area contributed by atoms with Crippen molar-refractivity contribution in [3.05, 3.63) is 23.8 Å². The van der Waals surface area contributed by atoms with Gasteiger partial charge in [-0.3, -0.25) is 4.79 Å². The zero-order valence-electron chi connectivity index (χ0n) is 11.4. The Hall–Kier alpha value is -1.75. The van der Waals surface area contributed by atoms with E-state index >= 15 is 0 Å². The third kappa shape index (κ3) is 3.17. The first-order chi connectivity index (χ1) is 9.04. The monoisotopic (exact) mass is 264 g/mol. The van der Waals surface area contributed by atoms with Crippen molar-refractivity contribution < 1.29 is 14.3 Å². The van der Waals surface area contributed by atoms with Crippen LogP contribution in [0.25, 0.3) is 0 Å². The van der Waals surface area contributed by atoms with Crippen molar-refractivity contribution >= 4 is 11.6 Å². The zero-order chi connectivity index (χ0) is 13.9. The summed E-state index contributed by atoms with van der Waals surface area (Å²) in [6.45, 7) is 3.26. The Morgan fingerprint density at radius 3 is 3.00 bits per heavy atom. The molecule has 19 heavy (non-hydrogen) atoms. The third-order valence-electron chi connectivity index (χ3n) is 3.43. The van der Waals surface area contributed by atoms with Gasteiger partial charge in [-0.25, -0.2) is 0 Å². The van der Waals surface area contributed by atoms with Crippen molar-refractivity contribution in [2.45, 2.75) is 25.4 Å². The van der Waals surface area contributed by atoms with Crippen molar-refractivity contribution in [1.29, 1.82) is 0 Å². The third-order valence-corrected chi connectivity index (χ3v) is 3.43. The first-order valence-electron chi connectivity index (χ1n) is 6.40. The maximum absolute atomic E-state index is 12.1. The number of hydrogen-bond donors (Lipinski definition) is 2. The molecule has 0 spiro atoms. The number of ether oxygens (including phenoxy) is 2. The van der Waals surface area contributed by atoms with Gasteiger partial charge < -0.3 is 20.5 Å². The van der Waals surface area contributed by atoms with Crippen LogP contribution in [0.5, 0.6) is 5.75 Å². The average Bonchev–Trinajstić information content (AvgIpc) is 2.84. The quantitative estimate of drug-likeness (QED) is 0.810. The maximum atomic E-state index is 12.1. The van der Waals surface area contributed by atoms with Crippen molar-refractivity contribution in [2.24, 2.45) is 0 Å². The predicted molar refractivity (Wildman–Crippen MR) is 73.3 cm³/mol. The number of nitrogens with one attached hydrogen (secondary N) is 1. The van der Waals surface area contributed by atoms with E-state index in [0.717, 1.165) is 19.4 Å². The van der Waals surface area contributed by atoms with E-state index in [0.29, 0.717) is 23.5 Å². The lowest BCUT2D eigenvalue weighted by atomic mass is 10.0. The molecule has 1 unspecified atom stereocenters. The normalized spacial score (nSPS) is 22.2. The van der Waals surface area contributed by atoms with Crippen LogP contribution < -0.4 is 15.8 Å². The van der Waals surface area contributed by atoms with Crippen LogP contribution in [0.1, 0.15) is 30.1 Å². The lowest BCUT2D eigenvalue weighted by Gasteiger charge is -2.23. The molecule has 0 aromatic heterocycles. The lowest BCUT2D eigenvalue weighted by Crippen LogP contribution is -2.40. The SMILES string of the molecule is COc1ccc(N)c(C(=O)NCC2(C)CCCO2)c1. The van der Waals surface area contributed by atoms with Crippen LogP contribution in [0.4, 0.5) is 5.69 Å². The highest BCUT2D eigenvalue weighted by atomic mass is 16.5.